The Labute approximate surface area is 176 Å². The van der Waals surface area contributed by atoms with E-state index < -0.39 is 17.2 Å². The molecule has 0 unspecified atom stereocenters. The maximum Gasteiger partial charge on any atom is 0.153 e. The van der Waals surface area contributed by atoms with Crippen LogP contribution in [0.25, 0.3) is 43.7 Å². The summed E-state index contributed by atoms with van der Waals surface area (Å²) in [6.45, 7) is 0. The van der Waals surface area contributed by atoms with Crippen molar-refractivity contribution in [3.05, 3.63) is 0 Å². The number of nitrogens with one attached hydrogen (secondary N) is 1. The van der Waals surface area contributed by atoms with E-state index in [0.717, 1.165) is 0 Å². The summed E-state index contributed by atoms with van der Waals surface area (Å²) in [6.07, 6.45) is 0. The van der Waals surface area contributed by atoms with Gasteiger partial charge in [0.2, 0.25) is 0 Å². The van der Waals surface area contributed by atoms with Crippen LogP contribution in [0.4, 0.5) is 0 Å². The van der Waals surface area contributed by atoms with Crippen molar-refractivity contribution in [1.82, 2.24) is 4.98 Å². The smallest absolute Gasteiger partial charge is 0.153 e. The normalized spacial score (nSPS) is 12.0. The molecule has 30 heavy (non-hydrogen) atoms. The summed E-state index contributed by atoms with van der Waals surface area (Å²) < 4.78 is 5.73. The average molecular weight is 380 g/mol. The van der Waals surface area contributed by atoms with Crippen molar-refractivity contribution >= 4 is 124 Å². The number of hydrogen-bond acceptors (Lipinski definition) is 5. The second kappa shape index (κ2) is 5.71. The lowest BCUT2D eigenvalue weighted by atomic mass is 9.73. The maximum absolute atomic E-state index is 11.1. The lowest BCUT2D eigenvalue weighted by molar-refractivity contribution is 0.410. The SMILES string of the molecule is [B]c1c(O)c([B])c2c([nH]c3c(O)c4c(oc5c([B])c(O)c(O)c([B])c54)c([B])c32)c1[B]. The van der Waals surface area contributed by atoms with Gasteiger partial charge in [0.25, 0.3) is 0 Å². The summed E-state index contributed by atoms with van der Waals surface area (Å²) in [7, 11) is 36.0. The minimum absolute atomic E-state index is 0.0134. The number of rotatable bonds is 0. The molecule has 6 nitrogen and oxygen atoms in total. The number of fused-ring (bicyclic) bond motifs is 6. The minimum Gasteiger partial charge on any atom is -0.509 e. The van der Waals surface area contributed by atoms with E-state index in [2.05, 4.69) is 4.98 Å². The lowest BCUT2D eigenvalue weighted by Crippen LogP contribution is -2.31. The van der Waals surface area contributed by atoms with Gasteiger partial charge in [-0.3, -0.25) is 0 Å². The molecule has 0 saturated carbocycles. The molecule has 0 aliphatic heterocycles. The van der Waals surface area contributed by atoms with Crippen molar-refractivity contribution in [2.45, 2.75) is 0 Å². The molecule has 0 spiro atoms. The van der Waals surface area contributed by atoms with Gasteiger partial charge in [-0.1, -0.05) is 10.9 Å². The van der Waals surface area contributed by atoms with E-state index in [9.17, 15) is 20.4 Å². The van der Waals surface area contributed by atoms with E-state index >= 15 is 0 Å². The molecule has 0 fully saturated rings. The summed E-state index contributed by atoms with van der Waals surface area (Å²) in [5.74, 6) is -2.10. The molecule has 0 saturated heterocycles. The van der Waals surface area contributed by atoms with Crippen molar-refractivity contribution in [2.75, 3.05) is 0 Å². The second-order valence-electron chi connectivity index (χ2n) is 7.01. The maximum atomic E-state index is 11.1. The third-order valence-electron chi connectivity index (χ3n) is 5.48. The van der Waals surface area contributed by atoms with Crippen LogP contribution in [-0.2, 0) is 0 Å². The molecule has 0 bridgehead atoms. The summed E-state index contributed by atoms with van der Waals surface area (Å²) in [5, 5.41) is 41.9. The van der Waals surface area contributed by atoms with Gasteiger partial charge in [-0.2, -0.15) is 0 Å². The average Bonchev–Trinajstić information content (AvgIpc) is 3.32. The van der Waals surface area contributed by atoms with Crippen LogP contribution in [0.2, 0.25) is 0 Å². The lowest BCUT2D eigenvalue weighted by Gasteiger charge is -2.11. The Hall–Kier alpha value is -3.15. The Kier molecular flexibility index (Phi) is 3.59. The first-order valence-electron chi connectivity index (χ1n) is 8.53. The van der Waals surface area contributed by atoms with Gasteiger partial charge in [-0.05, 0) is 21.9 Å². The van der Waals surface area contributed by atoms with Gasteiger partial charge in [-0.15, -0.1) is 0 Å². The third-order valence-corrected chi connectivity index (χ3v) is 5.48. The fraction of sp³-hybridized carbons (Fsp3) is 0. The Balaban J connectivity index is 2.14. The van der Waals surface area contributed by atoms with E-state index in [4.69, 9.17) is 51.5 Å². The predicted octanol–water partition coefficient (Wildman–Crippen LogP) is -3.19. The van der Waals surface area contributed by atoms with Gasteiger partial charge in [0.05, 0.1) is 10.9 Å². The first-order valence-corrected chi connectivity index (χ1v) is 8.53. The van der Waals surface area contributed by atoms with Gasteiger partial charge in [-0.25, -0.2) is 0 Å². The van der Waals surface area contributed by atoms with Crippen molar-refractivity contribution in [3.8, 4) is 23.0 Å². The number of aromatic nitrogens is 1. The molecule has 2 heterocycles. The highest BCUT2D eigenvalue weighted by Crippen LogP contribution is 2.41. The molecule has 0 aliphatic rings. The first-order chi connectivity index (χ1) is 14.1. The number of H-pyrrole nitrogens is 1. The third kappa shape index (κ3) is 1.96. The van der Waals surface area contributed by atoms with E-state index in [1.807, 2.05) is 0 Å². The summed E-state index contributed by atoms with van der Waals surface area (Å²) in [5.41, 5.74) is -0.458. The largest absolute Gasteiger partial charge is 0.509 e. The quantitative estimate of drug-likeness (QED) is 0.144. The highest BCUT2D eigenvalue weighted by atomic mass is 16.3. The first kappa shape index (κ1) is 18.9. The van der Waals surface area contributed by atoms with Gasteiger partial charge in [0.1, 0.15) is 69.7 Å². The zero-order valence-electron chi connectivity index (χ0n) is 15.2. The Morgan fingerprint density at radius 1 is 0.467 bits per heavy atom. The van der Waals surface area contributed by atoms with Gasteiger partial charge in [0.15, 0.2) is 11.5 Å². The predicted molar refractivity (Wildman–Crippen MR) is 122 cm³/mol. The van der Waals surface area contributed by atoms with Crippen LogP contribution in [0.15, 0.2) is 4.42 Å². The zero-order chi connectivity index (χ0) is 21.8. The summed E-state index contributed by atoms with van der Waals surface area (Å²) in [4.78, 5) is 2.92. The van der Waals surface area contributed by atoms with Crippen LogP contribution in [0.1, 0.15) is 0 Å². The number of aromatic hydroxyl groups is 4. The number of benzene rings is 3. The van der Waals surface area contributed by atoms with Gasteiger partial charge >= 0.3 is 0 Å². The van der Waals surface area contributed by atoms with Gasteiger partial charge in [0, 0.05) is 21.7 Å². The molecule has 2 aromatic heterocycles. The van der Waals surface area contributed by atoms with E-state index in [0.29, 0.717) is 0 Å². The molecule has 5 rings (SSSR count). The topological polar surface area (TPSA) is 110 Å². The second-order valence-corrected chi connectivity index (χ2v) is 7.01. The van der Waals surface area contributed by atoms with Crippen molar-refractivity contribution in [1.29, 1.82) is 0 Å². The number of aromatic amines is 1. The fourth-order valence-electron chi connectivity index (χ4n) is 3.96. The molecular formula is C18H5B6NO5. The molecule has 5 aromatic rings. The van der Waals surface area contributed by atoms with Crippen LogP contribution in [0, 0.1) is 0 Å². The van der Waals surface area contributed by atoms with E-state index in [1.54, 1.807) is 0 Å². The molecule has 12 radical (unpaired) electrons. The highest BCUT2D eigenvalue weighted by molar-refractivity contribution is 6.61. The minimum atomic E-state index is -0.663. The number of phenolic OH excluding ortho intramolecular Hbond substituents is 4. The molecule has 0 atom stereocenters. The Morgan fingerprint density at radius 2 is 1.00 bits per heavy atom. The zero-order valence-corrected chi connectivity index (χ0v) is 15.2. The van der Waals surface area contributed by atoms with Crippen LogP contribution >= 0.6 is 0 Å². The fourth-order valence-corrected chi connectivity index (χ4v) is 3.96. The molecule has 5 N–H and O–H groups in total. The summed E-state index contributed by atoms with van der Waals surface area (Å²) >= 11 is 0. The van der Waals surface area contributed by atoms with Crippen LogP contribution < -0.4 is 32.8 Å². The van der Waals surface area contributed by atoms with Crippen molar-refractivity contribution < 1.29 is 24.8 Å². The van der Waals surface area contributed by atoms with E-state index in [1.165, 1.54) is 0 Å². The monoisotopic (exact) mass is 381 g/mol. The molecule has 0 aliphatic carbocycles. The standard InChI is InChI=1S/C18H5B6NO5/c19-5-1-2-7(21)18-4(3-6(20)15(28)16(29)10(24)17(3)30-18)13(26)12(2)25-11(1)8(22)9(23)14(5)27/h25-29H. The number of hydrogen-bond donors (Lipinski definition) is 5. The molecule has 130 valence electrons. The van der Waals surface area contributed by atoms with Gasteiger partial charge < -0.3 is 29.8 Å². The van der Waals surface area contributed by atoms with Crippen LogP contribution in [-0.4, -0.2) is 72.5 Å². The molecule has 3 aromatic carbocycles. The number of furan rings is 1. The molecular weight excluding hydrogens is 375 g/mol. The van der Waals surface area contributed by atoms with Crippen molar-refractivity contribution in [2.24, 2.45) is 0 Å². The Morgan fingerprint density at radius 3 is 1.67 bits per heavy atom. The van der Waals surface area contributed by atoms with Crippen LogP contribution in [0.3, 0.4) is 0 Å². The molecule has 0 amide bonds. The van der Waals surface area contributed by atoms with Crippen LogP contribution in [0.5, 0.6) is 23.0 Å². The Bertz CT molecular complexity index is 1480. The van der Waals surface area contributed by atoms with E-state index in [-0.39, 0.29) is 82.3 Å². The highest BCUT2D eigenvalue weighted by Gasteiger charge is 2.26. The van der Waals surface area contributed by atoms with Crippen molar-refractivity contribution in [3.63, 3.8) is 0 Å². The number of phenols is 4. The summed E-state index contributed by atoms with van der Waals surface area (Å²) in [6, 6.07) is 0. The molecule has 12 heteroatoms.